The maximum Gasteiger partial charge on any atom is 0.290 e. The number of nitrogens with one attached hydrogen (secondary N) is 2. The number of pyridine rings is 1. The summed E-state index contributed by atoms with van der Waals surface area (Å²) < 4.78 is 14.4. The van der Waals surface area contributed by atoms with Crippen LogP contribution in [0.4, 0.5) is 16.5 Å². The van der Waals surface area contributed by atoms with Gasteiger partial charge in [-0.15, -0.1) is 10.2 Å². The molecule has 5 aliphatic rings. The van der Waals surface area contributed by atoms with Gasteiger partial charge in [0.25, 0.3) is 12.4 Å². The van der Waals surface area contributed by atoms with Crippen molar-refractivity contribution in [1.29, 1.82) is 0 Å². The fourth-order valence-electron chi connectivity index (χ4n) is 13.5. The predicted molar refractivity (Wildman–Crippen MR) is 351 cm³/mol. The minimum atomic E-state index is -0.757. The number of fused-ring (bicyclic) bond motifs is 1. The molecule has 6 unspecified atom stereocenters. The number of nitrogens with zero attached hydrogens (tertiary/aromatic N) is 10. The number of amides is 2. The number of hydrazine groups is 1. The van der Waals surface area contributed by atoms with Crippen molar-refractivity contribution in [2.24, 2.45) is 22.7 Å². The van der Waals surface area contributed by atoms with Crippen LogP contribution in [0.5, 0.6) is 0 Å². The molecule has 480 valence electrons. The molecule has 1 aromatic carbocycles. The third-order valence-corrected chi connectivity index (χ3v) is 19.6. The molecule has 9 rings (SSSR count). The Morgan fingerprint density at radius 2 is 1.60 bits per heavy atom. The van der Waals surface area contributed by atoms with Gasteiger partial charge in [0, 0.05) is 118 Å². The molecule has 0 bridgehead atoms. The van der Waals surface area contributed by atoms with Crippen LogP contribution in [0.3, 0.4) is 0 Å². The molecule has 5 fully saturated rings. The summed E-state index contributed by atoms with van der Waals surface area (Å²) in [5.41, 5.74) is 13.7. The average Bonchev–Trinajstić information content (AvgIpc) is 1.38. The van der Waals surface area contributed by atoms with Gasteiger partial charge in [-0.05, 0) is 139 Å². The molecule has 6 atom stereocenters. The van der Waals surface area contributed by atoms with Gasteiger partial charge >= 0.3 is 0 Å². The number of rotatable bonds is 29. The first kappa shape index (κ1) is 68.6. The highest BCUT2D eigenvalue weighted by Crippen LogP contribution is 2.44. The van der Waals surface area contributed by atoms with E-state index in [9.17, 15) is 0 Å². The number of carboxylic acid groups (broad SMARTS) is 1. The number of benzene rings is 1. The summed E-state index contributed by atoms with van der Waals surface area (Å²) in [5.74, 6) is 1.01. The summed E-state index contributed by atoms with van der Waals surface area (Å²) in [7, 11) is 1.79. The normalized spacial score (nSPS) is 20.0. The van der Waals surface area contributed by atoms with Gasteiger partial charge in [-0.25, -0.2) is 5.43 Å². The first-order valence-corrected chi connectivity index (χ1v) is 33.9. The van der Waals surface area contributed by atoms with Crippen molar-refractivity contribution in [3.05, 3.63) is 47.2 Å². The van der Waals surface area contributed by atoms with Crippen LogP contribution >= 0.6 is 11.3 Å². The maximum absolute atomic E-state index is 15.5. The number of hydrogen-bond donors (Lipinski definition) is 3. The van der Waals surface area contributed by atoms with Crippen molar-refractivity contribution >= 4 is 57.0 Å². The van der Waals surface area contributed by atoms with Crippen molar-refractivity contribution in [2.75, 3.05) is 100 Å². The lowest BCUT2D eigenvalue weighted by molar-refractivity contribution is -0.202. The van der Waals surface area contributed by atoms with E-state index in [0.29, 0.717) is 19.5 Å². The number of aromatic nitrogens is 4. The smallest absolute Gasteiger partial charge is 0.290 e. The summed E-state index contributed by atoms with van der Waals surface area (Å²) in [6, 6.07) is 8.43. The number of carbonyl (C=O) groups is 3. The molecular formula is C67H110N12O6S. The fourth-order valence-corrected chi connectivity index (χ4v) is 14.1. The minimum absolute atomic E-state index is 0.0249. The Morgan fingerprint density at radius 3 is 2.16 bits per heavy atom. The van der Waals surface area contributed by atoms with Crippen molar-refractivity contribution in [1.82, 2.24) is 45.3 Å². The molecular weight excluding hydrogens is 1100 g/mol. The molecule has 3 aromatic heterocycles. The van der Waals surface area contributed by atoms with E-state index in [0.717, 1.165) is 164 Å². The third-order valence-electron chi connectivity index (χ3n) is 18.8. The number of likely N-dealkylation sites (tertiary alicyclic amines) is 2. The van der Waals surface area contributed by atoms with Gasteiger partial charge < -0.3 is 39.2 Å². The number of hydrogen-bond acceptors (Lipinski definition) is 15. The van der Waals surface area contributed by atoms with E-state index in [-0.39, 0.29) is 59.3 Å². The number of methoxy groups -OCH3 is 1. The van der Waals surface area contributed by atoms with E-state index in [1.165, 1.54) is 35.0 Å². The highest BCUT2D eigenvalue weighted by molar-refractivity contribution is 7.13. The van der Waals surface area contributed by atoms with Crippen LogP contribution in [-0.4, -0.2) is 174 Å². The molecule has 3 N–H and O–H groups in total. The molecule has 1 aliphatic carbocycles. The molecule has 18 nitrogen and oxygen atoms in total. The molecule has 7 heterocycles. The SMILES string of the molecule is CC1CC1.CCCN(CCC)c1cnc(C(C)OC)c(-c2c(CC(C)(C)CC)c3cc(N(CC)CCC(C(NC(=O)C(C(C)C)N4CCCC4CN(CCC)c4nncs4)C(=O)N4CCCC(C)N4)N4CC5(COC5)C4)ccc3n2CC)c1.O=CO. The van der Waals surface area contributed by atoms with E-state index in [1.807, 2.05) is 5.01 Å². The highest BCUT2D eigenvalue weighted by Gasteiger charge is 2.53. The van der Waals surface area contributed by atoms with Crippen molar-refractivity contribution in [2.45, 2.75) is 210 Å². The maximum atomic E-state index is 15.5. The fraction of sp³-hybridized carbons (Fsp3) is 0.731. The molecule has 4 saturated heterocycles. The standard InChI is InChI=1S/C62H100N12O4S.C4H8.CH2O2/c1-14-27-69(28-15-2)48-34-50(54(63-36-48)45(10)77-13)57-51(35-61(11,12)17-4)49-33-46(24-25-52(49)72(57)19-6)68(18-5)32-26-53(71-38-62(39-71)40-78-41-62)55(59(76)74-31-20-22-44(9)67-74)65-58(75)56(43(7)8)73-30-21-23-47(73)37-70(29-16-3)60-66-64-42-79-60;1-4-2-3-4;2-1-3/h24-25,33-34,36,42-45,47,53,55-56,67H,14-23,26-32,35,37-41H2,1-13H3,(H,65,75);4H,2-3H2,1H3;1H,(H,2,3). The Kier molecular flexibility index (Phi) is 25.5. The minimum Gasteiger partial charge on any atom is -0.483 e. The second kappa shape index (κ2) is 32.0. The summed E-state index contributed by atoms with van der Waals surface area (Å²) in [6.45, 7) is 39.5. The lowest BCUT2D eigenvalue weighted by atomic mass is 9.76. The lowest BCUT2D eigenvalue weighted by Crippen LogP contribution is -2.73. The lowest BCUT2D eigenvalue weighted by Gasteiger charge is -2.58. The van der Waals surface area contributed by atoms with Crippen LogP contribution in [0, 0.1) is 22.7 Å². The molecule has 1 spiro atoms. The third kappa shape index (κ3) is 16.9. The summed E-state index contributed by atoms with van der Waals surface area (Å²) in [6.07, 6.45) is 14.5. The molecule has 4 aliphatic heterocycles. The second-order valence-corrected chi connectivity index (χ2v) is 27.4. The van der Waals surface area contributed by atoms with Crippen molar-refractivity contribution < 1.29 is 29.0 Å². The van der Waals surface area contributed by atoms with Crippen LogP contribution in [0.1, 0.15) is 178 Å². The Hall–Kier alpha value is -4.92. The van der Waals surface area contributed by atoms with Crippen LogP contribution in [-0.2, 0) is 36.8 Å². The Labute approximate surface area is 520 Å². The summed E-state index contributed by atoms with van der Waals surface area (Å²) >= 11 is 1.57. The molecule has 86 heavy (non-hydrogen) atoms. The average molecular weight is 1210 g/mol. The van der Waals surface area contributed by atoms with Crippen LogP contribution in [0.25, 0.3) is 22.2 Å². The zero-order valence-corrected chi connectivity index (χ0v) is 56.0. The van der Waals surface area contributed by atoms with Crippen LogP contribution < -0.4 is 25.4 Å². The van der Waals surface area contributed by atoms with Gasteiger partial charge in [0.15, 0.2) is 0 Å². The molecule has 2 amide bonds. The zero-order chi connectivity index (χ0) is 62.3. The largest absolute Gasteiger partial charge is 0.483 e. The van der Waals surface area contributed by atoms with Crippen LogP contribution in [0.15, 0.2) is 36.0 Å². The van der Waals surface area contributed by atoms with Crippen LogP contribution in [0.2, 0.25) is 0 Å². The Balaban J connectivity index is 0.00000142. The number of ether oxygens (including phenoxy) is 2. The topological polar surface area (TPSA) is 177 Å². The first-order chi connectivity index (χ1) is 41.3. The van der Waals surface area contributed by atoms with E-state index >= 15 is 9.59 Å². The van der Waals surface area contributed by atoms with Gasteiger partial charge in [-0.2, -0.15) is 0 Å². The molecule has 0 radical (unpaired) electrons. The Morgan fingerprint density at radius 1 is 0.930 bits per heavy atom. The second-order valence-electron chi connectivity index (χ2n) is 26.6. The zero-order valence-electron chi connectivity index (χ0n) is 55.2. The predicted octanol–water partition coefficient (Wildman–Crippen LogP) is 11.3. The van der Waals surface area contributed by atoms with Gasteiger partial charge in [0.05, 0.1) is 48.6 Å². The van der Waals surface area contributed by atoms with Crippen molar-refractivity contribution in [3.8, 4) is 11.3 Å². The van der Waals surface area contributed by atoms with E-state index in [4.69, 9.17) is 24.4 Å². The van der Waals surface area contributed by atoms with E-state index in [2.05, 4.69) is 170 Å². The quantitative estimate of drug-likeness (QED) is 0.0437. The first-order valence-electron chi connectivity index (χ1n) is 33.1. The number of anilines is 3. The van der Waals surface area contributed by atoms with Gasteiger partial charge in [-0.1, -0.05) is 92.9 Å². The molecule has 4 aromatic rings. The van der Waals surface area contributed by atoms with Gasteiger partial charge in [-0.3, -0.25) is 34.2 Å². The van der Waals surface area contributed by atoms with Gasteiger partial charge in [0.2, 0.25) is 11.0 Å². The highest BCUT2D eigenvalue weighted by atomic mass is 32.1. The van der Waals surface area contributed by atoms with Crippen molar-refractivity contribution in [3.63, 3.8) is 0 Å². The van der Waals surface area contributed by atoms with E-state index < -0.39 is 12.1 Å². The number of carbonyl (C=O) groups excluding carboxylic acids is 2. The monoisotopic (exact) mass is 1210 g/mol. The summed E-state index contributed by atoms with van der Waals surface area (Å²) in [5, 5.41) is 23.1. The Bertz CT molecular complexity index is 2730. The van der Waals surface area contributed by atoms with E-state index in [1.54, 1.807) is 24.0 Å². The molecule has 19 heteroatoms. The number of aryl methyl sites for hydroxylation is 1. The molecule has 1 saturated carbocycles. The van der Waals surface area contributed by atoms with Gasteiger partial charge in [0.1, 0.15) is 11.6 Å². The summed E-state index contributed by atoms with van der Waals surface area (Å²) in [4.78, 5) is 56.8.